The lowest BCUT2D eigenvalue weighted by molar-refractivity contribution is 0.217. The lowest BCUT2D eigenvalue weighted by atomic mass is 9.86. The third-order valence-corrected chi connectivity index (χ3v) is 4.28. The third kappa shape index (κ3) is 3.46. The first-order chi connectivity index (χ1) is 7.15. The maximum atomic E-state index is 5.92. The minimum atomic E-state index is 0.495. The minimum absolute atomic E-state index is 0.495. The van der Waals surface area contributed by atoms with E-state index in [-0.39, 0.29) is 0 Å². The molecule has 2 nitrogen and oxygen atoms in total. The van der Waals surface area contributed by atoms with E-state index in [1.807, 2.05) is 0 Å². The van der Waals surface area contributed by atoms with Gasteiger partial charge in [-0.25, -0.2) is 0 Å². The monoisotopic (exact) mass is 210 g/mol. The highest BCUT2D eigenvalue weighted by atomic mass is 15.1. The highest BCUT2D eigenvalue weighted by Crippen LogP contribution is 2.38. The summed E-state index contributed by atoms with van der Waals surface area (Å²) in [5.74, 6) is 2.91. The Morgan fingerprint density at radius 3 is 2.27 bits per heavy atom. The molecule has 0 aromatic heterocycles. The topological polar surface area (TPSA) is 29.3 Å². The van der Waals surface area contributed by atoms with E-state index in [1.54, 1.807) is 0 Å². The van der Waals surface area contributed by atoms with Crippen molar-refractivity contribution in [2.24, 2.45) is 23.5 Å². The Morgan fingerprint density at radius 1 is 1.13 bits per heavy atom. The summed E-state index contributed by atoms with van der Waals surface area (Å²) in [6.45, 7) is 5.00. The van der Waals surface area contributed by atoms with Crippen molar-refractivity contribution >= 4 is 0 Å². The standard InChI is InChI=1S/C13H26N2/c1-10-7-12(10)9-15(2)8-11-3-5-13(14)6-4-11/h10-13H,3-9,14H2,1-2H3. The fraction of sp³-hybridized carbons (Fsp3) is 1.00. The Hall–Kier alpha value is -0.0800. The van der Waals surface area contributed by atoms with Crippen LogP contribution in [0, 0.1) is 17.8 Å². The van der Waals surface area contributed by atoms with Gasteiger partial charge in [0.1, 0.15) is 0 Å². The van der Waals surface area contributed by atoms with Crippen LogP contribution in [0.25, 0.3) is 0 Å². The molecule has 15 heavy (non-hydrogen) atoms. The molecule has 2 unspecified atom stereocenters. The Bertz CT molecular complexity index is 197. The van der Waals surface area contributed by atoms with Crippen molar-refractivity contribution in [2.45, 2.75) is 45.1 Å². The van der Waals surface area contributed by atoms with Crippen LogP contribution in [0.1, 0.15) is 39.0 Å². The van der Waals surface area contributed by atoms with Crippen LogP contribution in [-0.2, 0) is 0 Å². The molecule has 2 saturated carbocycles. The predicted octanol–water partition coefficient (Wildman–Crippen LogP) is 2.09. The van der Waals surface area contributed by atoms with Crippen LogP contribution in [0.4, 0.5) is 0 Å². The van der Waals surface area contributed by atoms with E-state index < -0.39 is 0 Å². The van der Waals surface area contributed by atoms with Gasteiger partial charge in [0.2, 0.25) is 0 Å². The summed E-state index contributed by atoms with van der Waals surface area (Å²) in [5, 5.41) is 0. The quantitative estimate of drug-likeness (QED) is 0.770. The SMILES string of the molecule is CC1CC1CN(C)CC1CCC(N)CC1. The summed E-state index contributed by atoms with van der Waals surface area (Å²) in [5.41, 5.74) is 5.92. The van der Waals surface area contributed by atoms with Crippen LogP contribution < -0.4 is 5.73 Å². The molecule has 2 fully saturated rings. The van der Waals surface area contributed by atoms with E-state index in [1.165, 1.54) is 45.2 Å². The maximum Gasteiger partial charge on any atom is 0.00390 e. The van der Waals surface area contributed by atoms with Crippen molar-refractivity contribution in [3.63, 3.8) is 0 Å². The predicted molar refractivity (Wildman–Crippen MR) is 64.7 cm³/mol. The van der Waals surface area contributed by atoms with Crippen LogP contribution >= 0.6 is 0 Å². The largest absolute Gasteiger partial charge is 0.328 e. The van der Waals surface area contributed by atoms with Crippen molar-refractivity contribution < 1.29 is 0 Å². The van der Waals surface area contributed by atoms with Crippen LogP contribution in [0.3, 0.4) is 0 Å². The third-order valence-electron chi connectivity index (χ3n) is 4.28. The molecule has 2 aliphatic rings. The van der Waals surface area contributed by atoms with Crippen molar-refractivity contribution in [2.75, 3.05) is 20.1 Å². The van der Waals surface area contributed by atoms with E-state index in [9.17, 15) is 0 Å². The molecule has 2 atom stereocenters. The van der Waals surface area contributed by atoms with Crippen LogP contribution in [0.5, 0.6) is 0 Å². The average molecular weight is 210 g/mol. The second-order valence-corrected chi connectivity index (χ2v) is 5.98. The lowest BCUT2D eigenvalue weighted by Gasteiger charge is -2.29. The Balaban J connectivity index is 1.63. The van der Waals surface area contributed by atoms with Gasteiger partial charge in [-0.15, -0.1) is 0 Å². The molecule has 0 spiro atoms. The molecule has 0 bridgehead atoms. The molecule has 0 aliphatic heterocycles. The van der Waals surface area contributed by atoms with E-state index >= 15 is 0 Å². The van der Waals surface area contributed by atoms with Gasteiger partial charge in [0.05, 0.1) is 0 Å². The van der Waals surface area contributed by atoms with Gasteiger partial charge < -0.3 is 10.6 Å². The summed E-state index contributed by atoms with van der Waals surface area (Å²) in [7, 11) is 2.29. The zero-order chi connectivity index (χ0) is 10.8. The average Bonchev–Trinajstić information content (AvgIpc) is 2.86. The van der Waals surface area contributed by atoms with E-state index in [0.717, 1.165) is 17.8 Å². The molecule has 2 rings (SSSR count). The van der Waals surface area contributed by atoms with Crippen LogP contribution in [0.15, 0.2) is 0 Å². The van der Waals surface area contributed by atoms with Gasteiger partial charge in [0.15, 0.2) is 0 Å². The molecule has 2 aliphatic carbocycles. The van der Waals surface area contributed by atoms with Crippen molar-refractivity contribution in [3.05, 3.63) is 0 Å². The van der Waals surface area contributed by atoms with Gasteiger partial charge in [-0.2, -0.15) is 0 Å². The normalized spacial score (nSPS) is 40.8. The van der Waals surface area contributed by atoms with Crippen molar-refractivity contribution in [1.82, 2.24) is 4.90 Å². The number of nitrogens with zero attached hydrogens (tertiary/aromatic N) is 1. The Labute approximate surface area is 94.2 Å². The summed E-state index contributed by atoms with van der Waals surface area (Å²) in [6.07, 6.45) is 6.66. The zero-order valence-corrected chi connectivity index (χ0v) is 10.3. The molecule has 0 radical (unpaired) electrons. The van der Waals surface area contributed by atoms with Gasteiger partial charge in [0.25, 0.3) is 0 Å². The smallest absolute Gasteiger partial charge is 0.00390 e. The number of rotatable bonds is 4. The number of nitrogens with two attached hydrogens (primary N) is 1. The van der Waals surface area contributed by atoms with Crippen molar-refractivity contribution in [3.8, 4) is 0 Å². The zero-order valence-electron chi connectivity index (χ0n) is 10.3. The van der Waals surface area contributed by atoms with E-state index in [2.05, 4.69) is 18.9 Å². The number of hydrogen-bond donors (Lipinski definition) is 1. The second-order valence-electron chi connectivity index (χ2n) is 5.98. The molecular weight excluding hydrogens is 184 g/mol. The fourth-order valence-electron chi connectivity index (χ4n) is 2.94. The van der Waals surface area contributed by atoms with E-state index in [4.69, 9.17) is 5.73 Å². The maximum absolute atomic E-state index is 5.92. The highest BCUT2D eigenvalue weighted by molar-refractivity contribution is 4.85. The highest BCUT2D eigenvalue weighted by Gasteiger charge is 2.33. The number of hydrogen-bond acceptors (Lipinski definition) is 2. The fourth-order valence-corrected chi connectivity index (χ4v) is 2.94. The van der Waals surface area contributed by atoms with E-state index in [0.29, 0.717) is 6.04 Å². The molecule has 2 heteroatoms. The molecule has 0 heterocycles. The molecular formula is C13H26N2. The first-order valence-electron chi connectivity index (χ1n) is 6.59. The first-order valence-corrected chi connectivity index (χ1v) is 6.59. The molecule has 88 valence electrons. The van der Waals surface area contributed by atoms with Crippen LogP contribution in [0.2, 0.25) is 0 Å². The van der Waals surface area contributed by atoms with Crippen LogP contribution in [-0.4, -0.2) is 31.1 Å². The summed E-state index contributed by atoms with van der Waals surface area (Å²) in [6, 6.07) is 0.495. The Morgan fingerprint density at radius 2 is 1.73 bits per heavy atom. The lowest BCUT2D eigenvalue weighted by Crippen LogP contribution is -2.33. The van der Waals surface area contributed by atoms with Crippen molar-refractivity contribution in [1.29, 1.82) is 0 Å². The molecule has 2 N–H and O–H groups in total. The molecule has 0 aromatic rings. The molecule has 0 amide bonds. The van der Waals surface area contributed by atoms with Gasteiger partial charge in [0, 0.05) is 19.1 Å². The summed E-state index contributed by atoms with van der Waals surface area (Å²) < 4.78 is 0. The molecule has 0 saturated heterocycles. The second kappa shape index (κ2) is 4.84. The minimum Gasteiger partial charge on any atom is -0.328 e. The summed E-state index contributed by atoms with van der Waals surface area (Å²) >= 11 is 0. The van der Waals surface area contributed by atoms with Gasteiger partial charge in [-0.3, -0.25) is 0 Å². The first kappa shape index (κ1) is 11.4. The van der Waals surface area contributed by atoms with Gasteiger partial charge in [-0.1, -0.05) is 6.92 Å². The summed E-state index contributed by atoms with van der Waals surface area (Å²) in [4.78, 5) is 2.55. The Kier molecular flexibility index (Phi) is 3.68. The van der Waals surface area contributed by atoms with Gasteiger partial charge >= 0.3 is 0 Å². The molecule has 0 aromatic carbocycles. The van der Waals surface area contributed by atoms with Gasteiger partial charge in [-0.05, 0) is 56.9 Å².